The lowest BCUT2D eigenvalue weighted by atomic mass is 10.1. The molecular weight excluding hydrogens is 220 g/mol. The molecule has 16 heavy (non-hydrogen) atoms. The second-order valence-corrected chi connectivity index (χ2v) is 5.56. The van der Waals surface area contributed by atoms with Gasteiger partial charge in [-0.2, -0.15) is 11.8 Å². The molecule has 0 atom stereocenters. The minimum atomic E-state index is 0.203. The van der Waals surface area contributed by atoms with E-state index in [1.54, 1.807) is 11.8 Å². The highest BCUT2D eigenvalue weighted by Gasteiger charge is 2.14. The number of carbonyl (C=O) groups excluding carboxylic acids is 1. The molecule has 1 amide bonds. The van der Waals surface area contributed by atoms with Crippen molar-refractivity contribution in [1.82, 2.24) is 5.32 Å². The van der Waals surface area contributed by atoms with Gasteiger partial charge in [0.25, 0.3) is 0 Å². The summed E-state index contributed by atoms with van der Waals surface area (Å²) in [6.07, 6.45) is 8.53. The zero-order valence-electron chi connectivity index (χ0n) is 10.0. The first-order valence-electron chi connectivity index (χ1n) is 6.40. The molecule has 4 heteroatoms. The molecule has 0 aromatic heterocycles. The van der Waals surface area contributed by atoms with Gasteiger partial charge in [0, 0.05) is 6.04 Å². The highest BCUT2D eigenvalue weighted by atomic mass is 32.2. The molecule has 1 fully saturated rings. The summed E-state index contributed by atoms with van der Waals surface area (Å²) in [6.45, 7) is 0.719. The second-order valence-electron chi connectivity index (χ2n) is 4.45. The fourth-order valence-corrected chi connectivity index (χ4v) is 2.83. The molecule has 0 saturated heterocycles. The van der Waals surface area contributed by atoms with Gasteiger partial charge in [0.1, 0.15) is 0 Å². The Labute approximate surface area is 103 Å². The lowest BCUT2D eigenvalue weighted by molar-refractivity contribution is -0.119. The maximum atomic E-state index is 11.6. The molecule has 1 rings (SSSR count). The predicted octanol–water partition coefficient (Wildman–Crippen LogP) is 1.91. The van der Waals surface area contributed by atoms with Crippen LogP contribution in [-0.2, 0) is 4.79 Å². The summed E-state index contributed by atoms with van der Waals surface area (Å²) >= 11 is 1.69. The third-order valence-corrected chi connectivity index (χ3v) is 3.99. The van der Waals surface area contributed by atoms with E-state index in [9.17, 15) is 4.79 Å². The third kappa shape index (κ3) is 6.38. The quantitative estimate of drug-likeness (QED) is 0.554. The summed E-state index contributed by atoms with van der Waals surface area (Å²) in [6, 6.07) is 0.435. The van der Waals surface area contributed by atoms with E-state index in [0.29, 0.717) is 11.8 Å². The van der Waals surface area contributed by atoms with E-state index < -0.39 is 0 Å². The van der Waals surface area contributed by atoms with E-state index in [1.165, 1.54) is 38.5 Å². The molecule has 0 aromatic rings. The Hall–Kier alpha value is -0.220. The van der Waals surface area contributed by atoms with Crippen LogP contribution < -0.4 is 11.1 Å². The molecule has 0 unspecified atom stereocenters. The Morgan fingerprint density at radius 1 is 1.25 bits per heavy atom. The van der Waals surface area contributed by atoms with Crippen molar-refractivity contribution in [2.75, 3.05) is 18.1 Å². The third-order valence-electron chi connectivity index (χ3n) is 2.95. The average molecular weight is 244 g/mol. The molecule has 0 radical (unpaired) electrons. The number of carbonyl (C=O) groups is 1. The Morgan fingerprint density at radius 2 is 1.94 bits per heavy atom. The number of rotatable bonds is 6. The smallest absolute Gasteiger partial charge is 0.230 e. The maximum Gasteiger partial charge on any atom is 0.230 e. The average Bonchev–Trinajstić information content (AvgIpc) is 2.53. The van der Waals surface area contributed by atoms with Crippen LogP contribution in [0.3, 0.4) is 0 Å². The molecule has 3 nitrogen and oxygen atoms in total. The van der Waals surface area contributed by atoms with Crippen molar-refractivity contribution >= 4 is 17.7 Å². The fourth-order valence-electron chi connectivity index (χ4n) is 2.04. The standard InChI is InChI=1S/C12H24N2OS/c13-8-5-9-16-10-12(15)14-11-6-3-1-2-4-7-11/h11H,1-10,13H2,(H,14,15). The minimum Gasteiger partial charge on any atom is -0.353 e. The van der Waals surface area contributed by atoms with Crippen LogP contribution in [0, 0.1) is 0 Å². The summed E-state index contributed by atoms with van der Waals surface area (Å²) < 4.78 is 0. The summed E-state index contributed by atoms with van der Waals surface area (Å²) in [5.74, 6) is 1.79. The lowest BCUT2D eigenvalue weighted by Crippen LogP contribution is -2.35. The molecule has 0 spiro atoms. The van der Waals surface area contributed by atoms with Crippen LogP contribution in [0.15, 0.2) is 0 Å². The lowest BCUT2D eigenvalue weighted by Gasteiger charge is -2.15. The topological polar surface area (TPSA) is 55.1 Å². The van der Waals surface area contributed by atoms with Crippen molar-refractivity contribution in [3.05, 3.63) is 0 Å². The highest BCUT2D eigenvalue weighted by molar-refractivity contribution is 7.99. The minimum absolute atomic E-state index is 0.203. The number of nitrogens with one attached hydrogen (secondary N) is 1. The number of hydrogen-bond donors (Lipinski definition) is 2. The van der Waals surface area contributed by atoms with Gasteiger partial charge >= 0.3 is 0 Å². The normalized spacial score (nSPS) is 18.1. The van der Waals surface area contributed by atoms with Gasteiger partial charge in [0.15, 0.2) is 0 Å². The van der Waals surface area contributed by atoms with E-state index in [4.69, 9.17) is 5.73 Å². The van der Waals surface area contributed by atoms with Crippen molar-refractivity contribution < 1.29 is 4.79 Å². The Kier molecular flexibility index (Phi) is 7.68. The first kappa shape index (κ1) is 13.8. The Balaban J connectivity index is 2.07. The molecule has 0 aliphatic heterocycles. The van der Waals surface area contributed by atoms with Crippen LogP contribution in [-0.4, -0.2) is 30.0 Å². The van der Waals surface area contributed by atoms with Crippen molar-refractivity contribution in [2.24, 2.45) is 5.73 Å². The molecule has 1 aliphatic carbocycles. The van der Waals surface area contributed by atoms with Crippen molar-refractivity contribution in [3.63, 3.8) is 0 Å². The first-order valence-corrected chi connectivity index (χ1v) is 7.55. The number of thioether (sulfide) groups is 1. The number of amides is 1. The molecule has 0 heterocycles. The van der Waals surface area contributed by atoms with Crippen molar-refractivity contribution in [2.45, 2.75) is 51.0 Å². The zero-order chi connectivity index (χ0) is 11.6. The van der Waals surface area contributed by atoms with Gasteiger partial charge < -0.3 is 11.1 Å². The van der Waals surface area contributed by atoms with E-state index in [-0.39, 0.29) is 5.91 Å². The molecule has 0 aromatic carbocycles. The monoisotopic (exact) mass is 244 g/mol. The van der Waals surface area contributed by atoms with Crippen LogP contribution in [0.4, 0.5) is 0 Å². The summed E-state index contributed by atoms with van der Waals surface area (Å²) in [5, 5.41) is 3.14. The molecule has 1 saturated carbocycles. The molecular formula is C12H24N2OS. The van der Waals surface area contributed by atoms with Gasteiger partial charge in [-0.25, -0.2) is 0 Å². The summed E-state index contributed by atoms with van der Waals surface area (Å²) in [4.78, 5) is 11.6. The van der Waals surface area contributed by atoms with Gasteiger partial charge in [-0.05, 0) is 31.6 Å². The SMILES string of the molecule is NCCCSCC(=O)NC1CCCCCC1. The van der Waals surface area contributed by atoms with E-state index in [1.807, 2.05) is 0 Å². The maximum absolute atomic E-state index is 11.6. The molecule has 94 valence electrons. The molecule has 3 N–H and O–H groups in total. The van der Waals surface area contributed by atoms with Crippen LogP contribution in [0.1, 0.15) is 44.9 Å². The summed E-state index contributed by atoms with van der Waals surface area (Å²) in [7, 11) is 0. The first-order chi connectivity index (χ1) is 7.83. The van der Waals surface area contributed by atoms with E-state index in [2.05, 4.69) is 5.32 Å². The van der Waals surface area contributed by atoms with Gasteiger partial charge in [-0.1, -0.05) is 25.7 Å². The largest absolute Gasteiger partial charge is 0.353 e. The number of hydrogen-bond acceptors (Lipinski definition) is 3. The number of nitrogens with two attached hydrogens (primary N) is 1. The Bertz CT molecular complexity index is 191. The van der Waals surface area contributed by atoms with Crippen molar-refractivity contribution in [1.29, 1.82) is 0 Å². The van der Waals surface area contributed by atoms with Crippen LogP contribution in [0.25, 0.3) is 0 Å². The van der Waals surface area contributed by atoms with Gasteiger partial charge in [-0.3, -0.25) is 4.79 Å². The zero-order valence-corrected chi connectivity index (χ0v) is 10.9. The Morgan fingerprint density at radius 3 is 2.56 bits per heavy atom. The van der Waals surface area contributed by atoms with E-state index in [0.717, 1.165) is 18.7 Å². The van der Waals surface area contributed by atoms with Crippen LogP contribution in [0.2, 0.25) is 0 Å². The van der Waals surface area contributed by atoms with Crippen molar-refractivity contribution in [3.8, 4) is 0 Å². The summed E-state index contributed by atoms with van der Waals surface area (Å²) in [5.41, 5.74) is 5.40. The highest BCUT2D eigenvalue weighted by Crippen LogP contribution is 2.17. The predicted molar refractivity (Wildman–Crippen MR) is 70.6 cm³/mol. The van der Waals surface area contributed by atoms with Gasteiger partial charge in [0.05, 0.1) is 5.75 Å². The van der Waals surface area contributed by atoms with E-state index >= 15 is 0 Å². The molecule has 1 aliphatic rings. The molecule has 0 bridgehead atoms. The second kappa shape index (κ2) is 8.88. The van der Waals surface area contributed by atoms with Gasteiger partial charge in [-0.15, -0.1) is 0 Å². The fraction of sp³-hybridized carbons (Fsp3) is 0.917. The van der Waals surface area contributed by atoms with Crippen LogP contribution >= 0.6 is 11.8 Å². The van der Waals surface area contributed by atoms with Gasteiger partial charge in [0.2, 0.25) is 5.91 Å². The van der Waals surface area contributed by atoms with Crippen LogP contribution in [0.5, 0.6) is 0 Å².